The summed E-state index contributed by atoms with van der Waals surface area (Å²) in [5.74, 6) is -0.356. The molecule has 3 aromatic rings. The van der Waals surface area contributed by atoms with Gasteiger partial charge in [-0.25, -0.2) is 4.98 Å². The molecule has 5 nitrogen and oxygen atoms in total. The predicted octanol–water partition coefficient (Wildman–Crippen LogP) is 4.48. The fourth-order valence-electron chi connectivity index (χ4n) is 2.07. The first-order valence-corrected chi connectivity index (χ1v) is 9.22. The van der Waals surface area contributed by atoms with E-state index in [-0.39, 0.29) is 11.8 Å². The summed E-state index contributed by atoms with van der Waals surface area (Å²) >= 11 is 3.01. The van der Waals surface area contributed by atoms with Crippen LogP contribution in [0.3, 0.4) is 0 Å². The third-order valence-corrected chi connectivity index (χ3v) is 4.82. The highest BCUT2D eigenvalue weighted by Crippen LogP contribution is 2.28. The molecular weight excluding hydrogens is 354 g/mol. The zero-order valence-electron chi connectivity index (χ0n) is 13.4. The van der Waals surface area contributed by atoms with Gasteiger partial charge in [0.2, 0.25) is 11.8 Å². The minimum Gasteiger partial charge on any atom is -0.326 e. The maximum Gasteiger partial charge on any atom is 0.250 e. The molecule has 1 aromatic carbocycles. The summed E-state index contributed by atoms with van der Waals surface area (Å²) < 4.78 is 0. The van der Waals surface area contributed by atoms with Crippen LogP contribution < -0.4 is 10.6 Å². The lowest BCUT2D eigenvalue weighted by Gasteiger charge is -2.01. The van der Waals surface area contributed by atoms with Crippen LogP contribution in [0.15, 0.2) is 53.2 Å². The Morgan fingerprint density at radius 2 is 1.88 bits per heavy atom. The van der Waals surface area contributed by atoms with Gasteiger partial charge in [-0.2, -0.15) is 0 Å². The van der Waals surface area contributed by atoms with Crippen LogP contribution in [0.4, 0.5) is 10.8 Å². The van der Waals surface area contributed by atoms with Gasteiger partial charge in [0.1, 0.15) is 0 Å². The molecule has 0 unspecified atom stereocenters. The molecule has 0 atom stereocenters. The van der Waals surface area contributed by atoms with Crippen LogP contribution >= 0.6 is 22.7 Å². The van der Waals surface area contributed by atoms with Gasteiger partial charge in [0, 0.05) is 24.1 Å². The fourth-order valence-corrected chi connectivity index (χ4v) is 3.54. The van der Waals surface area contributed by atoms with Crippen molar-refractivity contribution < 1.29 is 9.59 Å². The van der Waals surface area contributed by atoms with Crippen molar-refractivity contribution in [1.29, 1.82) is 0 Å². The molecule has 2 amide bonds. The standard InChI is InChI=1S/C18H15N3O2S2/c1-12(22)19-14-7-4-13(5-8-14)6-9-17(23)21-18-20-15(11-25-18)16-3-2-10-24-16/h2-11H,1H3,(H,19,22)(H,20,21,23)/b9-6+. The van der Waals surface area contributed by atoms with E-state index < -0.39 is 0 Å². The maximum atomic E-state index is 12.0. The molecule has 0 radical (unpaired) electrons. The lowest BCUT2D eigenvalue weighted by Crippen LogP contribution is -2.07. The lowest BCUT2D eigenvalue weighted by atomic mass is 10.2. The van der Waals surface area contributed by atoms with E-state index in [1.807, 2.05) is 35.0 Å². The number of nitrogens with zero attached hydrogens (tertiary/aromatic N) is 1. The van der Waals surface area contributed by atoms with Crippen molar-refractivity contribution in [2.24, 2.45) is 0 Å². The average molecular weight is 369 g/mol. The van der Waals surface area contributed by atoms with Gasteiger partial charge in [-0.15, -0.1) is 22.7 Å². The van der Waals surface area contributed by atoms with Gasteiger partial charge >= 0.3 is 0 Å². The SMILES string of the molecule is CC(=O)Nc1ccc(/C=C/C(=O)Nc2nc(-c3cccs3)cs2)cc1. The van der Waals surface area contributed by atoms with E-state index in [1.165, 1.54) is 24.3 Å². The highest BCUT2D eigenvalue weighted by molar-refractivity contribution is 7.16. The first kappa shape index (κ1) is 17.1. The van der Waals surface area contributed by atoms with Crippen molar-refractivity contribution in [1.82, 2.24) is 4.98 Å². The van der Waals surface area contributed by atoms with Gasteiger partial charge in [0.25, 0.3) is 0 Å². The number of anilines is 2. The first-order chi connectivity index (χ1) is 12.1. The number of aromatic nitrogens is 1. The third-order valence-electron chi connectivity index (χ3n) is 3.17. The van der Waals surface area contributed by atoms with Crippen LogP contribution in [0.25, 0.3) is 16.6 Å². The molecule has 0 saturated carbocycles. The van der Waals surface area contributed by atoms with Gasteiger partial charge in [-0.3, -0.25) is 14.9 Å². The molecular formula is C18H15N3O2S2. The second-order valence-corrected chi connectivity index (χ2v) is 6.95. The Morgan fingerprint density at radius 3 is 2.56 bits per heavy atom. The Bertz CT molecular complexity index is 897. The Hall–Kier alpha value is -2.77. The molecule has 0 fully saturated rings. The molecule has 2 N–H and O–H groups in total. The van der Waals surface area contributed by atoms with Crippen LogP contribution in [0.1, 0.15) is 12.5 Å². The highest BCUT2D eigenvalue weighted by atomic mass is 32.1. The lowest BCUT2D eigenvalue weighted by molar-refractivity contribution is -0.114. The number of hydrogen-bond donors (Lipinski definition) is 2. The van der Waals surface area contributed by atoms with Crippen LogP contribution in [0.5, 0.6) is 0 Å². The van der Waals surface area contributed by atoms with E-state index in [0.29, 0.717) is 5.13 Å². The van der Waals surface area contributed by atoms with E-state index in [2.05, 4.69) is 15.6 Å². The zero-order valence-corrected chi connectivity index (χ0v) is 15.0. The summed E-state index contributed by atoms with van der Waals surface area (Å²) in [5, 5.41) is 9.94. The van der Waals surface area contributed by atoms with Crippen molar-refractivity contribution in [3.63, 3.8) is 0 Å². The maximum absolute atomic E-state index is 12.0. The molecule has 0 aliphatic rings. The number of nitrogens with one attached hydrogen (secondary N) is 2. The summed E-state index contributed by atoms with van der Waals surface area (Å²) in [6.07, 6.45) is 3.17. The van der Waals surface area contributed by atoms with E-state index in [9.17, 15) is 9.59 Å². The van der Waals surface area contributed by atoms with E-state index in [1.54, 1.807) is 29.5 Å². The Labute approximate surface area is 153 Å². The van der Waals surface area contributed by atoms with Gasteiger partial charge in [0.15, 0.2) is 5.13 Å². The topological polar surface area (TPSA) is 71.1 Å². The molecule has 2 heterocycles. The largest absolute Gasteiger partial charge is 0.326 e. The van der Waals surface area contributed by atoms with Crippen molar-refractivity contribution in [2.75, 3.05) is 10.6 Å². The van der Waals surface area contributed by atoms with Gasteiger partial charge in [-0.1, -0.05) is 18.2 Å². The second-order valence-electron chi connectivity index (χ2n) is 5.14. The number of hydrogen-bond acceptors (Lipinski definition) is 5. The number of thiazole rings is 1. The van der Waals surface area contributed by atoms with Gasteiger partial charge < -0.3 is 5.32 Å². The first-order valence-electron chi connectivity index (χ1n) is 7.46. The monoisotopic (exact) mass is 369 g/mol. The Morgan fingerprint density at radius 1 is 1.08 bits per heavy atom. The van der Waals surface area contributed by atoms with Crippen LogP contribution in [0.2, 0.25) is 0 Å². The highest BCUT2D eigenvalue weighted by Gasteiger charge is 2.07. The number of thiophene rings is 1. The summed E-state index contributed by atoms with van der Waals surface area (Å²) in [6, 6.07) is 11.2. The minimum absolute atomic E-state index is 0.118. The molecule has 0 spiro atoms. The molecule has 0 aliphatic carbocycles. The molecule has 7 heteroatoms. The molecule has 0 bridgehead atoms. The molecule has 126 valence electrons. The molecule has 0 aliphatic heterocycles. The number of carbonyl (C=O) groups excluding carboxylic acids is 2. The summed E-state index contributed by atoms with van der Waals surface area (Å²) in [7, 11) is 0. The molecule has 0 saturated heterocycles. The number of carbonyl (C=O) groups is 2. The van der Waals surface area contributed by atoms with Crippen LogP contribution in [-0.2, 0) is 9.59 Å². The van der Waals surface area contributed by atoms with Crippen molar-refractivity contribution in [3.8, 4) is 10.6 Å². The predicted molar refractivity (Wildman–Crippen MR) is 104 cm³/mol. The normalized spacial score (nSPS) is 10.8. The number of benzene rings is 1. The van der Waals surface area contributed by atoms with Crippen molar-refractivity contribution >= 4 is 51.4 Å². The van der Waals surface area contributed by atoms with E-state index in [0.717, 1.165) is 21.8 Å². The second kappa shape index (κ2) is 7.87. The minimum atomic E-state index is -0.238. The average Bonchev–Trinajstić information content (AvgIpc) is 3.25. The summed E-state index contributed by atoms with van der Waals surface area (Å²) in [6.45, 7) is 1.46. The summed E-state index contributed by atoms with van der Waals surface area (Å²) in [4.78, 5) is 28.5. The molecule has 3 rings (SSSR count). The van der Waals surface area contributed by atoms with Gasteiger partial charge in [0.05, 0.1) is 10.6 Å². The molecule has 2 aromatic heterocycles. The smallest absolute Gasteiger partial charge is 0.250 e. The molecule has 25 heavy (non-hydrogen) atoms. The van der Waals surface area contributed by atoms with Gasteiger partial charge in [-0.05, 0) is 35.2 Å². The quantitative estimate of drug-likeness (QED) is 0.651. The zero-order chi connectivity index (χ0) is 17.6. The van der Waals surface area contributed by atoms with Crippen molar-refractivity contribution in [3.05, 3.63) is 58.8 Å². The van der Waals surface area contributed by atoms with E-state index >= 15 is 0 Å². The van der Waals surface area contributed by atoms with Crippen molar-refractivity contribution in [2.45, 2.75) is 6.92 Å². The van der Waals surface area contributed by atoms with Crippen LogP contribution in [0, 0.1) is 0 Å². The third kappa shape index (κ3) is 4.85. The number of amides is 2. The Balaban J connectivity index is 1.58. The van der Waals surface area contributed by atoms with E-state index in [4.69, 9.17) is 0 Å². The summed E-state index contributed by atoms with van der Waals surface area (Å²) in [5.41, 5.74) is 2.45. The van der Waals surface area contributed by atoms with Crippen LogP contribution in [-0.4, -0.2) is 16.8 Å². The number of rotatable bonds is 5. The Kier molecular flexibility index (Phi) is 5.37. The fraction of sp³-hybridized carbons (Fsp3) is 0.0556.